The van der Waals surface area contributed by atoms with Crippen molar-refractivity contribution in [2.24, 2.45) is 0 Å². The van der Waals surface area contributed by atoms with Gasteiger partial charge >= 0.3 is 5.97 Å². The highest BCUT2D eigenvalue weighted by Gasteiger charge is 2.22. The third-order valence-electron chi connectivity index (χ3n) is 4.70. The quantitative estimate of drug-likeness (QED) is 0.677. The molecule has 0 saturated heterocycles. The van der Waals surface area contributed by atoms with Gasteiger partial charge in [-0.25, -0.2) is 19.7 Å². The number of aromatic carboxylic acids is 1. The zero-order valence-electron chi connectivity index (χ0n) is 15.1. The Bertz CT molecular complexity index is 1130. The van der Waals surface area contributed by atoms with Gasteiger partial charge in [0.2, 0.25) is 0 Å². The maximum Gasteiger partial charge on any atom is 0.337 e. The van der Waals surface area contributed by atoms with Gasteiger partial charge in [-0.05, 0) is 36.8 Å². The monoisotopic (exact) mass is 406 g/mol. The van der Waals surface area contributed by atoms with Crippen LogP contribution in [0, 0.1) is 11.3 Å². The van der Waals surface area contributed by atoms with Crippen molar-refractivity contribution in [2.75, 3.05) is 16.8 Å². The lowest BCUT2D eigenvalue weighted by Crippen LogP contribution is -2.31. The van der Waals surface area contributed by atoms with E-state index in [0.29, 0.717) is 35.2 Å². The lowest BCUT2D eigenvalue weighted by atomic mass is 10.0. The third-order valence-corrected chi connectivity index (χ3v) is 5.01. The van der Waals surface area contributed by atoms with Crippen LogP contribution in [0.2, 0.25) is 5.02 Å². The van der Waals surface area contributed by atoms with Crippen molar-refractivity contribution in [1.82, 2.24) is 15.0 Å². The third kappa shape index (κ3) is 3.81. The Hall–Kier alpha value is -3.70. The number of carboxylic acid groups (broad SMARTS) is 1. The van der Waals surface area contributed by atoms with Gasteiger partial charge in [-0.1, -0.05) is 11.6 Å². The van der Waals surface area contributed by atoms with Crippen LogP contribution in [0.3, 0.4) is 0 Å². The molecule has 29 heavy (non-hydrogen) atoms. The Labute approximate surface area is 171 Å². The summed E-state index contributed by atoms with van der Waals surface area (Å²) in [7, 11) is 0. The number of pyridine rings is 1. The Morgan fingerprint density at radius 1 is 1.24 bits per heavy atom. The number of hydrogen-bond acceptors (Lipinski definition) is 7. The zero-order valence-corrected chi connectivity index (χ0v) is 15.9. The van der Waals surface area contributed by atoms with Crippen LogP contribution >= 0.6 is 11.6 Å². The molecule has 0 aliphatic carbocycles. The van der Waals surface area contributed by atoms with E-state index >= 15 is 0 Å². The second-order valence-electron chi connectivity index (χ2n) is 6.46. The van der Waals surface area contributed by atoms with Crippen LogP contribution in [0.5, 0.6) is 0 Å². The Morgan fingerprint density at radius 2 is 2.10 bits per heavy atom. The SMILES string of the molecule is N#Cc1ccc(N2CCc3c(ncnc3Nc3ccc(C(=O)O)cn3)C2)cc1Cl. The number of fused-ring (bicyclic) bond motifs is 1. The summed E-state index contributed by atoms with van der Waals surface area (Å²) < 4.78 is 0. The highest BCUT2D eigenvalue weighted by atomic mass is 35.5. The molecule has 9 heteroatoms. The average Bonchev–Trinajstić information content (AvgIpc) is 2.74. The molecule has 1 aliphatic heterocycles. The van der Waals surface area contributed by atoms with E-state index in [1.165, 1.54) is 18.6 Å². The number of benzene rings is 1. The van der Waals surface area contributed by atoms with Crippen LogP contribution in [-0.2, 0) is 13.0 Å². The van der Waals surface area contributed by atoms with Crippen LogP contribution in [0.4, 0.5) is 17.3 Å². The number of carboxylic acids is 1. The van der Waals surface area contributed by atoms with E-state index in [4.69, 9.17) is 22.0 Å². The van der Waals surface area contributed by atoms with Crippen molar-refractivity contribution in [3.8, 4) is 6.07 Å². The summed E-state index contributed by atoms with van der Waals surface area (Å²) in [4.78, 5) is 26.0. The summed E-state index contributed by atoms with van der Waals surface area (Å²) in [5.74, 6) is 0.145. The highest BCUT2D eigenvalue weighted by molar-refractivity contribution is 6.32. The number of nitrogens with one attached hydrogen (secondary N) is 1. The van der Waals surface area contributed by atoms with Gasteiger partial charge in [0, 0.05) is 24.0 Å². The number of aromatic nitrogens is 3. The van der Waals surface area contributed by atoms with Gasteiger partial charge in [0.25, 0.3) is 0 Å². The summed E-state index contributed by atoms with van der Waals surface area (Å²) in [6, 6.07) is 10.5. The molecule has 3 aromatic rings. The normalized spacial score (nSPS) is 12.8. The summed E-state index contributed by atoms with van der Waals surface area (Å²) in [6.07, 6.45) is 3.50. The number of halogens is 1. The zero-order chi connectivity index (χ0) is 20.4. The molecule has 144 valence electrons. The number of carbonyl (C=O) groups is 1. The molecule has 8 nitrogen and oxygen atoms in total. The van der Waals surface area contributed by atoms with Crippen LogP contribution in [0.15, 0.2) is 42.9 Å². The number of nitrogens with zero attached hydrogens (tertiary/aromatic N) is 5. The number of nitriles is 1. The maximum absolute atomic E-state index is 11.0. The topological polar surface area (TPSA) is 115 Å². The summed E-state index contributed by atoms with van der Waals surface area (Å²) in [5, 5.41) is 21.6. The first-order valence-electron chi connectivity index (χ1n) is 8.79. The van der Waals surface area contributed by atoms with E-state index in [1.54, 1.807) is 18.2 Å². The van der Waals surface area contributed by atoms with E-state index < -0.39 is 5.97 Å². The molecule has 0 spiro atoms. The molecule has 0 bridgehead atoms. The van der Waals surface area contributed by atoms with Crippen molar-refractivity contribution in [3.05, 3.63) is 70.3 Å². The van der Waals surface area contributed by atoms with Crippen molar-refractivity contribution < 1.29 is 9.90 Å². The summed E-state index contributed by atoms with van der Waals surface area (Å²) in [5.41, 5.74) is 3.38. The number of hydrogen-bond donors (Lipinski definition) is 2. The second kappa shape index (κ2) is 7.73. The lowest BCUT2D eigenvalue weighted by Gasteiger charge is -2.30. The van der Waals surface area contributed by atoms with Gasteiger partial charge in [-0.3, -0.25) is 0 Å². The minimum absolute atomic E-state index is 0.122. The predicted molar refractivity (Wildman–Crippen MR) is 107 cm³/mol. The average molecular weight is 407 g/mol. The fraction of sp³-hybridized carbons (Fsp3) is 0.150. The molecule has 1 aliphatic rings. The Kier molecular flexibility index (Phi) is 4.97. The van der Waals surface area contributed by atoms with Crippen molar-refractivity contribution in [3.63, 3.8) is 0 Å². The van der Waals surface area contributed by atoms with E-state index in [-0.39, 0.29) is 5.56 Å². The second-order valence-corrected chi connectivity index (χ2v) is 6.86. The molecule has 0 unspecified atom stereocenters. The van der Waals surface area contributed by atoms with Crippen molar-refractivity contribution >= 4 is 34.9 Å². The maximum atomic E-state index is 11.0. The van der Waals surface area contributed by atoms with E-state index in [0.717, 1.165) is 23.5 Å². The Morgan fingerprint density at radius 3 is 2.79 bits per heavy atom. The molecule has 4 rings (SSSR count). The molecule has 2 aromatic heterocycles. The van der Waals surface area contributed by atoms with Crippen LogP contribution in [0.1, 0.15) is 27.2 Å². The molecule has 0 atom stereocenters. The molecule has 0 saturated carbocycles. The van der Waals surface area contributed by atoms with Crippen molar-refractivity contribution in [1.29, 1.82) is 5.26 Å². The molecular formula is C20H15ClN6O2. The minimum atomic E-state index is -1.02. The first-order valence-corrected chi connectivity index (χ1v) is 9.16. The smallest absolute Gasteiger partial charge is 0.337 e. The fourth-order valence-corrected chi connectivity index (χ4v) is 3.41. The minimum Gasteiger partial charge on any atom is -0.478 e. The van der Waals surface area contributed by atoms with E-state index in [9.17, 15) is 4.79 Å². The summed E-state index contributed by atoms with van der Waals surface area (Å²) >= 11 is 6.17. The van der Waals surface area contributed by atoms with Crippen LogP contribution < -0.4 is 10.2 Å². The number of rotatable bonds is 4. The molecule has 1 aromatic carbocycles. The number of anilines is 3. The van der Waals surface area contributed by atoms with Gasteiger partial charge in [0.05, 0.1) is 28.4 Å². The van der Waals surface area contributed by atoms with Gasteiger partial charge < -0.3 is 15.3 Å². The fourth-order valence-electron chi connectivity index (χ4n) is 3.19. The van der Waals surface area contributed by atoms with Gasteiger partial charge in [-0.15, -0.1) is 0 Å². The van der Waals surface area contributed by atoms with Crippen LogP contribution in [-0.4, -0.2) is 32.6 Å². The lowest BCUT2D eigenvalue weighted by molar-refractivity contribution is 0.0696. The first kappa shape index (κ1) is 18.7. The standard InChI is InChI=1S/C20H15ClN6O2/c21-16-7-14(3-1-12(16)8-22)27-6-5-15-17(10-27)24-11-25-19(15)26-18-4-2-13(9-23-18)20(28)29/h1-4,7,9,11H,5-6,10H2,(H,28,29)(H,23,24,25,26). The largest absolute Gasteiger partial charge is 0.478 e. The van der Waals surface area contributed by atoms with E-state index in [1.807, 2.05) is 6.07 Å². The molecule has 2 N–H and O–H groups in total. The molecule has 0 fully saturated rings. The predicted octanol–water partition coefficient (Wildman–Crippen LogP) is 3.40. The Balaban J connectivity index is 1.55. The molecular weight excluding hydrogens is 392 g/mol. The molecule has 0 radical (unpaired) electrons. The van der Waals surface area contributed by atoms with E-state index in [2.05, 4.69) is 31.2 Å². The first-order chi connectivity index (χ1) is 14.0. The molecule has 0 amide bonds. The highest BCUT2D eigenvalue weighted by Crippen LogP contribution is 2.30. The van der Waals surface area contributed by atoms with Gasteiger partial charge in [0.15, 0.2) is 0 Å². The molecule has 3 heterocycles. The van der Waals surface area contributed by atoms with Crippen molar-refractivity contribution in [2.45, 2.75) is 13.0 Å². The van der Waals surface area contributed by atoms with Crippen LogP contribution in [0.25, 0.3) is 0 Å². The van der Waals surface area contributed by atoms with Gasteiger partial charge in [0.1, 0.15) is 24.0 Å². The summed E-state index contributed by atoms with van der Waals surface area (Å²) in [6.45, 7) is 1.32. The van der Waals surface area contributed by atoms with Gasteiger partial charge in [-0.2, -0.15) is 5.26 Å².